The number of methoxy groups -OCH3 is 1. The summed E-state index contributed by atoms with van der Waals surface area (Å²) in [4.78, 5) is 37.1. The second-order valence-electron chi connectivity index (χ2n) is 6.41. The van der Waals surface area contributed by atoms with Gasteiger partial charge in [-0.15, -0.1) is 0 Å². The molecule has 0 aliphatic rings. The van der Waals surface area contributed by atoms with E-state index in [4.69, 9.17) is 4.74 Å². The summed E-state index contributed by atoms with van der Waals surface area (Å²) in [7, 11) is 1.51. The van der Waals surface area contributed by atoms with Crippen molar-refractivity contribution < 1.29 is 19.1 Å². The number of rotatable bonds is 6. The molecule has 0 heterocycles. The van der Waals surface area contributed by atoms with Crippen LogP contribution in [0, 0.1) is 0 Å². The molecule has 0 aromatic heterocycles. The molecule has 8 nitrogen and oxygen atoms in total. The molecule has 9 heteroatoms. The molecular formula is C23H19BrN4O4. The van der Waals surface area contributed by atoms with E-state index in [1.807, 2.05) is 6.07 Å². The van der Waals surface area contributed by atoms with Gasteiger partial charge in [-0.3, -0.25) is 14.4 Å². The minimum absolute atomic E-state index is 0.193. The Hall–Kier alpha value is -3.98. The van der Waals surface area contributed by atoms with E-state index in [0.29, 0.717) is 17.0 Å². The van der Waals surface area contributed by atoms with Crippen molar-refractivity contribution in [1.82, 2.24) is 5.43 Å². The monoisotopic (exact) mass is 494 g/mol. The van der Waals surface area contributed by atoms with Gasteiger partial charge in [0.05, 0.1) is 24.6 Å². The molecule has 3 rings (SSSR count). The number of hydrogen-bond acceptors (Lipinski definition) is 5. The molecule has 0 saturated carbocycles. The molecule has 0 saturated heterocycles. The maximum absolute atomic E-state index is 12.6. The van der Waals surface area contributed by atoms with Crippen molar-refractivity contribution in [2.75, 3.05) is 17.7 Å². The summed E-state index contributed by atoms with van der Waals surface area (Å²) in [5, 5.41) is 8.98. The highest BCUT2D eigenvalue weighted by molar-refractivity contribution is 9.10. The van der Waals surface area contributed by atoms with Crippen LogP contribution in [-0.2, 0) is 9.59 Å². The first kappa shape index (κ1) is 22.7. The third-order valence-electron chi connectivity index (χ3n) is 4.22. The number of amides is 3. The van der Waals surface area contributed by atoms with Crippen LogP contribution in [-0.4, -0.2) is 31.0 Å². The fourth-order valence-electron chi connectivity index (χ4n) is 2.71. The minimum Gasteiger partial charge on any atom is -0.496 e. The van der Waals surface area contributed by atoms with Gasteiger partial charge in [-0.2, -0.15) is 5.10 Å². The quantitative estimate of drug-likeness (QED) is 0.275. The lowest BCUT2D eigenvalue weighted by atomic mass is 10.1. The molecule has 162 valence electrons. The van der Waals surface area contributed by atoms with Crippen molar-refractivity contribution in [3.8, 4) is 5.75 Å². The average molecular weight is 495 g/mol. The Bertz CT molecular complexity index is 1170. The number of carbonyl (C=O) groups excluding carboxylic acids is 3. The largest absolute Gasteiger partial charge is 0.496 e. The van der Waals surface area contributed by atoms with Crippen LogP contribution in [0.15, 0.2) is 82.4 Å². The number of benzene rings is 3. The third-order valence-corrected chi connectivity index (χ3v) is 4.71. The van der Waals surface area contributed by atoms with Crippen molar-refractivity contribution in [3.05, 3.63) is 88.4 Å². The molecule has 0 unspecified atom stereocenters. The fraction of sp³-hybridized carbons (Fsp3) is 0.0435. The molecule has 3 N–H and O–H groups in total. The van der Waals surface area contributed by atoms with Crippen LogP contribution in [0.1, 0.15) is 15.9 Å². The number of hydrazone groups is 1. The van der Waals surface area contributed by atoms with Crippen molar-refractivity contribution >= 4 is 51.2 Å². The number of anilines is 2. The van der Waals surface area contributed by atoms with Gasteiger partial charge in [-0.25, -0.2) is 5.43 Å². The normalized spacial score (nSPS) is 10.4. The van der Waals surface area contributed by atoms with Crippen molar-refractivity contribution in [3.63, 3.8) is 0 Å². The fourth-order valence-corrected chi connectivity index (χ4v) is 3.09. The first-order chi connectivity index (χ1) is 15.5. The van der Waals surface area contributed by atoms with Gasteiger partial charge in [0.25, 0.3) is 5.91 Å². The van der Waals surface area contributed by atoms with Crippen molar-refractivity contribution in [2.24, 2.45) is 5.10 Å². The number of ether oxygens (including phenoxy) is 1. The average Bonchev–Trinajstić information content (AvgIpc) is 2.80. The van der Waals surface area contributed by atoms with E-state index in [0.717, 1.165) is 4.47 Å². The van der Waals surface area contributed by atoms with Gasteiger partial charge in [0.2, 0.25) is 0 Å². The first-order valence-corrected chi connectivity index (χ1v) is 10.2. The summed E-state index contributed by atoms with van der Waals surface area (Å²) in [5.41, 5.74) is 3.77. The molecule has 3 aromatic rings. The molecule has 0 atom stereocenters. The number of hydrogen-bond donors (Lipinski definition) is 3. The first-order valence-electron chi connectivity index (χ1n) is 9.41. The van der Waals surface area contributed by atoms with Gasteiger partial charge in [-0.05, 0) is 42.5 Å². The Kier molecular flexibility index (Phi) is 7.71. The molecule has 3 amide bonds. The van der Waals surface area contributed by atoms with Crippen molar-refractivity contribution in [1.29, 1.82) is 0 Å². The maximum Gasteiger partial charge on any atom is 0.329 e. The van der Waals surface area contributed by atoms with Crippen molar-refractivity contribution in [2.45, 2.75) is 0 Å². The Morgan fingerprint density at radius 3 is 2.38 bits per heavy atom. The Morgan fingerprint density at radius 2 is 1.62 bits per heavy atom. The molecule has 0 bridgehead atoms. The number of halogens is 1. The Labute approximate surface area is 192 Å². The van der Waals surface area contributed by atoms with Crippen LogP contribution < -0.4 is 20.8 Å². The second kappa shape index (κ2) is 10.9. The Balaban J connectivity index is 1.65. The van der Waals surface area contributed by atoms with Gasteiger partial charge in [0.15, 0.2) is 0 Å². The number of carbonyl (C=O) groups is 3. The minimum atomic E-state index is -0.992. The van der Waals surface area contributed by atoms with Crippen LogP contribution >= 0.6 is 15.9 Å². The van der Waals surface area contributed by atoms with Gasteiger partial charge in [0, 0.05) is 15.7 Å². The molecule has 0 radical (unpaired) electrons. The lowest BCUT2D eigenvalue weighted by molar-refractivity contribution is -0.136. The van der Waals surface area contributed by atoms with Gasteiger partial charge in [0.1, 0.15) is 5.75 Å². The zero-order valence-electron chi connectivity index (χ0n) is 17.0. The molecule has 0 spiro atoms. The maximum atomic E-state index is 12.6. The molecular weight excluding hydrogens is 476 g/mol. The third kappa shape index (κ3) is 6.02. The SMILES string of the molecule is COc1ccc(Br)cc1C=NNC(=O)C(=O)Nc1ccccc1C(=O)Nc1ccccc1. The zero-order valence-corrected chi connectivity index (χ0v) is 18.5. The Morgan fingerprint density at radius 1 is 0.906 bits per heavy atom. The predicted octanol–water partition coefficient (Wildman–Crippen LogP) is 3.80. The van der Waals surface area contributed by atoms with Crippen LogP contribution in [0.5, 0.6) is 5.75 Å². The number of para-hydroxylation sites is 2. The van der Waals surface area contributed by atoms with E-state index in [9.17, 15) is 14.4 Å². The van der Waals surface area contributed by atoms with Crippen LogP contribution in [0.2, 0.25) is 0 Å². The smallest absolute Gasteiger partial charge is 0.329 e. The standard InChI is InChI=1S/C23H19BrN4O4/c1-32-20-12-11-16(24)13-15(20)14-25-28-23(31)22(30)27-19-10-6-5-9-18(19)21(29)26-17-7-3-2-4-8-17/h2-14H,1H3,(H,26,29)(H,27,30)(H,28,31). The summed E-state index contributed by atoms with van der Waals surface area (Å²) in [5.74, 6) is -1.84. The molecule has 0 aliphatic heterocycles. The second-order valence-corrected chi connectivity index (χ2v) is 7.32. The lowest BCUT2D eigenvalue weighted by Gasteiger charge is -2.11. The van der Waals surface area contributed by atoms with E-state index in [2.05, 4.69) is 37.1 Å². The molecule has 0 aliphatic carbocycles. The number of nitrogens with one attached hydrogen (secondary N) is 3. The predicted molar refractivity (Wildman–Crippen MR) is 126 cm³/mol. The molecule has 32 heavy (non-hydrogen) atoms. The summed E-state index contributed by atoms with van der Waals surface area (Å²) in [6.45, 7) is 0. The number of nitrogens with zero attached hydrogens (tertiary/aromatic N) is 1. The van der Waals surface area contributed by atoms with E-state index in [1.54, 1.807) is 60.7 Å². The highest BCUT2D eigenvalue weighted by Crippen LogP contribution is 2.21. The van der Waals surface area contributed by atoms with Gasteiger partial charge in [-0.1, -0.05) is 46.3 Å². The van der Waals surface area contributed by atoms with Crippen LogP contribution in [0.4, 0.5) is 11.4 Å². The van der Waals surface area contributed by atoms with Gasteiger partial charge >= 0.3 is 11.8 Å². The van der Waals surface area contributed by atoms with E-state index in [1.165, 1.54) is 19.4 Å². The summed E-state index contributed by atoms with van der Waals surface area (Å²) < 4.78 is 6.02. The summed E-state index contributed by atoms with van der Waals surface area (Å²) in [6.07, 6.45) is 1.36. The zero-order chi connectivity index (χ0) is 22.9. The van der Waals surface area contributed by atoms with E-state index >= 15 is 0 Å². The van der Waals surface area contributed by atoms with E-state index in [-0.39, 0.29) is 11.3 Å². The van der Waals surface area contributed by atoms with Crippen LogP contribution in [0.25, 0.3) is 0 Å². The topological polar surface area (TPSA) is 109 Å². The molecule has 3 aromatic carbocycles. The van der Waals surface area contributed by atoms with Crippen LogP contribution in [0.3, 0.4) is 0 Å². The summed E-state index contributed by atoms with van der Waals surface area (Å²) >= 11 is 3.34. The summed E-state index contributed by atoms with van der Waals surface area (Å²) in [6, 6.07) is 20.5. The molecule has 0 fully saturated rings. The van der Waals surface area contributed by atoms with E-state index < -0.39 is 17.7 Å². The lowest BCUT2D eigenvalue weighted by Crippen LogP contribution is -2.33. The highest BCUT2D eigenvalue weighted by atomic mass is 79.9. The highest BCUT2D eigenvalue weighted by Gasteiger charge is 2.17. The van der Waals surface area contributed by atoms with Gasteiger partial charge < -0.3 is 15.4 Å².